The second kappa shape index (κ2) is 5.84. The van der Waals surface area contributed by atoms with Gasteiger partial charge in [-0.05, 0) is 19.8 Å². The van der Waals surface area contributed by atoms with E-state index >= 15 is 0 Å². The van der Waals surface area contributed by atoms with Crippen LogP contribution in [0.4, 0.5) is 27.6 Å². The van der Waals surface area contributed by atoms with E-state index in [1.54, 1.807) is 13.0 Å². The first-order valence-corrected chi connectivity index (χ1v) is 5.29. The zero-order valence-electron chi connectivity index (χ0n) is 9.67. The molecule has 1 N–H and O–H groups in total. The van der Waals surface area contributed by atoms with Crippen LogP contribution in [0.25, 0.3) is 0 Å². The number of halogens is 5. The van der Waals surface area contributed by atoms with Crippen LogP contribution < -0.4 is 5.32 Å². The van der Waals surface area contributed by atoms with E-state index in [2.05, 4.69) is 11.9 Å². The molecule has 0 aromatic heterocycles. The highest BCUT2D eigenvalue weighted by molar-refractivity contribution is 5.48. The second-order valence-corrected chi connectivity index (χ2v) is 3.86. The first kappa shape index (κ1) is 14.5. The van der Waals surface area contributed by atoms with Crippen LogP contribution in [0.5, 0.6) is 0 Å². The second-order valence-electron chi connectivity index (χ2n) is 3.86. The smallest absolute Gasteiger partial charge is 0.200 e. The van der Waals surface area contributed by atoms with Crippen LogP contribution in [0.2, 0.25) is 0 Å². The highest BCUT2D eigenvalue weighted by atomic mass is 19.2. The minimum absolute atomic E-state index is 0.448. The molecular weight excluding hydrogens is 253 g/mol. The highest BCUT2D eigenvalue weighted by Gasteiger charge is 2.26. The molecule has 0 aliphatic rings. The molecule has 0 saturated heterocycles. The quantitative estimate of drug-likeness (QED) is 0.365. The van der Waals surface area contributed by atoms with Gasteiger partial charge in [0.25, 0.3) is 0 Å². The predicted octanol–water partition coefficient (Wildman–Crippen LogP) is 4.15. The minimum Gasteiger partial charge on any atom is -0.378 e. The molecule has 1 nitrogen and oxygen atoms in total. The van der Waals surface area contributed by atoms with Gasteiger partial charge in [0.05, 0.1) is 0 Å². The van der Waals surface area contributed by atoms with Crippen molar-refractivity contribution in [1.29, 1.82) is 0 Å². The van der Waals surface area contributed by atoms with Crippen molar-refractivity contribution < 1.29 is 22.0 Å². The Bertz CT molecular complexity index is 429. The number of hydrogen-bond acceptors (Lipinski definition) is 1. The Kier molecular flexibility index (Phi) is 4.69. The van der Waals surface area contributed by atoms with Crippen LogP contribution in [0, 0.1) is 29.1 Å². The van der Waals surface area contributed by atoms with E-state index in [4.69, 9.17) is 0 Å². The first-order valence-electron chi connectivity index (χ1n) is 5.29. The molecule has 0 aliphatic carbocycles. The number of rotatable bonds is 5. The fourth-order valence-corrected chi connectivity index (χ4v) is 1.42. The van der Waals surface area contributed by atoms with Crippen molar-refractivity contribution >= 4 is 5.69 Å². The summed E-state index contributed by atoms with van der Waals surface area (Å²) < 4.78 is 65.1. The Morgan fingerprint density at radius 2 is 1.44 bits per heavy atom. The average Bonchev–Trinajstić information content (AvgIpc) is 2.36. The fraction of sp³-hybridized carbons (Fsp3) is 0.333. The van der Waals surface area contributed by atoms with Crippen molar-refractivity contribution in [2.45, 2.75) is 25.8 Å². The van der Waals surface area contributed by atoms with Gasteiger partial charge in [-0.25, -0.2) is 22.0 Å². The minimum atomic E-state index is -2.16. The Hall–Kier alpha value is -1.59. The molecule has 1 atom stereocenters. The van der Waals surface area contributed by atoms with Gasteiger partial charge in [-0.2, -0.15) is 0 Å². The normalized spacial score (nSPS) is 12.3. The lowest BCUT2D eigenvalue weighted by atomic mass is 10.1. The number of anilines is 1. The molecule has 0 fully saturated rings. The fourth-order valence-electron chi connectivity index (χ4n) is 1.42. The molecule has 18 heavy (non-hydrogen) atoms. The lowest BCUT2D eigenvalue weighted by molar-refractivity contribution is 0.380. The molecule has 0 heterocycles. The van der Waals surface area contributed by atoms with Gasteiger partial charge in [-0.15, -0.1) is 6.58 Å². The van der Waals surface area contributed by atoms with Gasteiger partial charge in [-0.1, -0.05) is 6.08 Å². The topological polar surface area (TPSA) is 12.0 Å². The van der Waals surface area contributed by atoms with E-state index in [-0.39, 0.29) is 0 Å². The Morgan fingerprint density at radius 3 is 1.89 bits per heavy atom. The van der Waals surface area contributed by atoms with Crippen molar-refractivity contribution in [1.82, 2.24) is 0 Å². The van der Waals surface area contributed by atoms with Crippen molar-refractivity contribution in [2.24, 2.45) is 0 Å². The summed E-state index contributed by atoms with van der Waals surface area (Å²) in [7, 11) is 0. The largest absolute Gasteiger partial charge is 0.378 e. The van der Waals surface area contributed by atoms with Crippen LogP contribution in [0.3, 0.4) is 0 Å². The van der Waals surface area contributed by atoms with Crippen molar-refractivity contribution in [3.05, 3.63) is 41.7 Å². The van der Waals surface area contributed by atoms with E-state index in [1.807, 2.05) is 0 Å². The highest BCUT2D eigenvalue weighted by Crippen LogP contribution is 2.27. The summed E-state index contributed by atoms with van der Waals surface area (Å²) in [6.45, 7) is 5.04. The molecule has 0 aliphatic heterocycles. The van der Waals surface area contributed by atoms with Gasteiger partial charge in [0.2, 0.25) is 5.82 Å². The summed E-state index contributed by atoms with van der Waals surface area (Å²) in [5, 5.41) is 2.28. The number of nitrogens with one attached hydrogen (secondary N) is 1. The van der Waals surface area contributed by atoms with Crippen molar-refractivity contribution in [2.75, 3.05) is 5.32 Å². The first-order chi connectivity index (χ1) is 8.40. The molecule has 0 amide bonds. The van der Waals surface area contributed by atoms with Crippen molar-refractivity contribution in [3.8, 4) is 0 Å². The maximum atomic E-state index is 13.3. The molecular formula is C12H12F5N. The molecule has 0 bridgehead atoms. The molecule has 6 heteroatoms. The third-order valence-corrected chi connectivity index (χ3v) is 2.40. The summed E-state index contributed by atoms with van der Waals surface area (Å²) in [6, 6.07) is -0.448. The summed E-state index contributed by atoms with van der Waals surface area (Å²) in [5.74, 6) is -9.76. The predicted molar refractivity (Wildman–Crippen MR) is 58.7 cm³/mol. The maximum absolute atomic E-state index is 13.3. The summed E-state index contributed by atoms with van der Waals surface area (Å²) in [4.78, 5) is 0. The van der Waals surface area contributed by atoms with Gasteiger partial charge in [-0.3, -0.25) is 0 Å². The van der Waals surface area contributed by atoms with Crippen molar-refractivity contribution in [3.63, 3.8) is 0 Å². The Labute approximate surface area is 101 Å². The standard InChI is InChI=1S/C12H12F5N/c1-3-4-5-6(2)18-12-10(16)8(14)7(13)9(15)11(12)17/h3,6,18H,1,4-5H2,2H3. The Morgan fingerprint density at radius 1 is 1.00 bits per heavy atom. The van der Waals surface area contributed by atoms with E-state index in [1.165, 1.54) is 0 Å². The van der Waals surface area contributed by atoms with Gasteiger partial charge in [0, 0.05) is 6.04 Å². The van der Waals surface area contributed by atoms with Gasteiger partial charge in [0.1, 0.15) is 5.69 Å². The van der Waals surface area contributed by atoms with Gasteiger partial charge in [0.15, 0.2) is 23.3 Å². The summed E-state index contributed by atoms with van der Waals surface area (Å²) >= 11 is 0. The molecule has 1 aromatic carbocycles. The average molecular weight is 265 g/mol. The summed E-state index contributed by atoms with van der Waals surface area (Å²) in [6.07, 6.45) is 2.61. The third kappa shape index (κ3) is 2.80. The van der Waals surface area contributed by atoms with Gasteiger partial charge < -0.3 is 5.32 Å². The van der Waals surface area contributed by atoms with Crippen LogP contribution in [0.15, 0.2) is 12.7 Å². The molecule has 1 aromatic rings. The Balaban J connectivity index is 3.06. The maximum Gasteiger partial charge on any atom is 0.200 e. The third-order valence-electron chi connectivity index (χ3n) is 2.40. The zero-order valence-corrected chi connectivity index (χ0v) is 9.67. The van der Waals surface area contributed by atoms with Crippen LogP contribution in [-0.2, 0) is 0 Å². The van der Waals surface area contributed by atoms with Gasteiger partial charge >= 0.3 is 0 Å². The molecule has 0 radical (unpaired) electrons. The number of hydrogen-bond donors (Lipinski definition) is 1. The molecule has 100 valence electrons. The van der Waals surface area contributed by atoms with E-state index in [0.717, 1.165) is 0 Å². The van der Waals surface area contributed by atoms with E-state index in [9.17, 15) is 22.0 Å². The molecule has 1 unspecified atom stereocenters. The zero-order chi connectivity index (χ0) is 13.9. The van der Waals surface area contributed by atoms with Crippen LogP contribution in [0.1, 0.15) is 19.8 Å². The monoisotopic (exact) mass is 265 g/mol. The SMILES string of the molecule is C=CCCC(C)Nc1c(F)c(F)c(F)c(F)c1F. The summed E-state index contributed by atoms with van der Waals surface area (Å²) in [5.41, 5.74) is -0.997. The van der Waals surface area contributed by atoms with E-state index in [0.29, 0.717) is 12.8 Å². The number of allylic oxidation sites excluding steroid dienone is 1. The molecule has 0 saturated carbocycles. The number of benzene rings is 1. The van der Waals surface area contributed by atoms with E-state index < -0.39 is 40.8 Å². The molecule has 0 spiro atoms. The van der Waals surface area contributed by atoms with Crippen LogP contribution >= 0.6 is 0 Å². The lowest BCUT2D eigenvalue weighted by Crippen LogP contribution is -2.18. The molecule has 1 rings (SSSR count). The lowest BCUT2D eigenvalue weighted by Gasteiger charge is -2.16. The van der Waals surface area contributed by atoms with Crippen LogP contribution in [-0.4, -0.2) is 6.04 Å².